The molecule has 0 fully saturated rings. The van der Waals surface area contributed by atoms with Crippen LogP contribution in [-0.4, -0.2) is 22.5 Å². The van der Waals surface area contributed by atoms with E-state index in [-0.39, 0.29) is 0 Å². The summed E-state index contributed by atoms with van der Waals surface area (Å²) < 4.78 is 1.11. The SMILES string of the molecule is Clc1ccc[c]([Sn])c1Cl. The van der Waals surface area contributed by atoms with Gasteiger partial charge in [0.2, 0.25) is 0 Å². The standard InChI is InChI=1S/C6H3Cl2.Sn/c7-5-3-1-2-4-6(5)8;/h1-3H;. The van der Waals surface area contributed by atoms with Crippen LogP contribution in [-0.2, 0) is 0 Å². The molecule has 45 valence electrons. The zero-order valence-corrected chi connectivity index (χ0v) is 8.85. The van der Waals surface area contributed by atoms with Crippen LogP contribution in [0.2, 0.25) is 10.0 Å². The Labute approximate surface area is 77.2 Å². The van der Waals surface area contributed by atoms with Crippen molar-refractivity contribution in [3.63, 3.8) is 0 Å². The van der Waals surface area contributed by atoms with E-state index in [1.165, 1.54) is 22.5 Å². The Balaban J connectivity index is 3.25. The van der Waals surface area contributed by atoms with Gasteiger partial charge in [-0.3, -0.25) is 0 Å². The van der Waals surface area contributed by atoms with Crippen LogP contribution >= 0.6 is 23.2 Å². The molecule has 0 saturated heterocycles. The molecular formula is C6H3Cl2Sn. The molecule has 9 heavy (non-hydrogen) atoms. The summed E-state index contributed by atoms with van der Waals surface area (Å²) >= 11 is 12.8. The van der Waals surface area contributed by atoms with Crippen LogP contribution in [0.3, 0.4) is 0 Å². The molecule has 0 atom stereocenters. The van der Waals surface area contributed by atoms with E-state index in [0.717, 1.165) is 3.58 Å². The van der Waals surface area contributed by atoms with Crippen LogP contribution in [0, 0.1) is 0 Å². The molecular weight excluding hydrogens is 262 g/mol. The molecule has 1 rings (SSSR count). The Morgan fingerprint density at radius 2 is 1.89 bits per heavy atom. The molecule has 0 unspecified atom stereocenters. The van der Waals surface area contributed by atoms with Gasteiger partial charge in [-0.25, -0.2) is 0 Å². The summed E-state index contributed by atoms with van der Waals surface area (Å²) in [6.07, 6.45) is 0. The second-order valence-electron chi connectivity index (χ2n) is 1.60. The van der Waals surface area contributed by atoms with Crippen LogP contribution in [0.25, 0.3) is 0 Å². The van der Waals surface area contributed by atoms with Crippen LogP contribution in [0.5, 0.6) is 0 Å². The Morgan fingerprint density at radius 1 is 1.22 bits per heavy atom. The van der Waals surface area contributed by atoms with E-state index in [1.807, 2.05) is 12.1 Å². The van der Waals surface area contributed by atoms with E-state index >= 15 is 0 Å². The van der Waals surface area contributed by atoms with Gasteiger partial charge in [-0.05, 0) is 0 Å². The molecule has 1 aromatic rings. The Kier molecular flexibility index (Phi) is 2.68. The molecule has 0 aliphatic carbocycles. The molecule has 1 aromatic carbocycles. The number of rotatable bonds is 0. The van der Waals surface area contributed by atoms with Crippen LogP contribution in [0.4, 0.5) is 0 Å². The van der Waals surface area contributed by atoms with Gasteiger partial charge in [-0.2, -0.15) is 0 Å². The summed E-state index contributed by atoms with van der Waals surface area (Å²) in [6.45, 7) is 0. The molecule has 0 aliphatic heterocycles. The topological polar surface area (TPSA) is 0 Å². The van der Waals surface area contributed by atoms with Crippen LogP contribution in [0.1, 0.15) is 0 Å². The molecule has 0 N–H and O–H groups in total. The number of hydrogen-bond donors (Lipinski definition) is 0. The Hall–Kier alpha value is 0.599. The van der Waals surface area contributed by atoms with Gasteiger partial charge in [-0.1, -0.05) is 0 Å². The summed E-state index contributed by atoms with van der Waals surface area (Å²) in [6, 6.07) is 5.65. The minimum absolute atomic E-state index is 0.644. The Morgan fingerprint density at radius 3 is 2.33 bits per heavy atom. The van der Waals surface area contributed by atoms with E-state index in [2.05, 4.69) is 0 Å². The fourth-order valence-electron chi connectivity index (χ4n) is 0.504. The average molecular weight is 265 g/mol. The maximum atomic E-state index is 5.77. The second kappa shape index (κ2) is 3.13. The molecule has 0 aliphatic rings. The van der Waals surface area contributed by atoms with Gasteiger partial charge in [0.15, 0.2) is 0 Å². The third-order valence-corrected chi connectivity index (χ3v) is 3.41. The first-order valence-electron chi connectivity index (χ1n) is 2.37. The molecule has 0 aromatic heterocycles. The van der Waals surface area contributed by atoms with Gasteiger partial charge >= 0.3 is 77.6 Å². The van der Waals surface area contributed by atoms with Gasteiger partial charge in [0, 0.05) is 0 Å². The molecule has 0 amide bonds. The van der Waals surface area contributed by atoms with Crippen molar-refractivity contribution < 1.29 is 0 Å². The summed E-state index contributed by atoms with van der Waals surface area (Å²) in [7, 11) is 0. The number of hydrogen-bond acceptors (Lipinski definition) is 0. The monoisotopic (exact) mass is 265 g/mol. The fraction of sp³-hybridized carbons (Fsp3) is 0. The van der Waals surface area contributed by atoms with E-state index in [1.54, 1.807) is 6.07 Å². The molecule has 0 heterocycles. The molecule has 3 heteroatoms. The van der Waals surface area contributed by atoms with Crippen LogP contribution in [0.15, 0.2) is 18.2 Å². The van der Waals surface area contributed by atoms with Crippen molar-refractivity contribution in [1.82, 2.24) is 0 Å². The third-order valence-electron chi connectivity index (χ3n) is 0.952. The second-order valence-corrected chi connectivity index (χ2v) is 3.92. The first-order valence-corrected chi connectivity index (χ1v) is 4.55. The summed E-state index contributed by atoms with van der Waals surface area (Å²) in [5.41, 5.74) is 0. The fourth-order valence-corrected chi connectivity index (χ4v) is 1.69. The summed E-state index contributed by atoms with van der Waals surface area (Å²) in [4.78, 5) is 0. The van der Waals surface area contributed by atoms with Crippen molar-refractivity contribution in [2.75, 3.05) is 0 Å². The van der Waals surface area contributed by atoms with Gasteiger partial charge in [0.1, 0.15) is 0 Å². The molecule has 0 spiro atoms. The number of halogens is 2. The quantitative estimate of drug-likeness (QED) is 0.627. The molecule has 0 nitrogen and oxygen atoms in total. The zero-order chi connectivity index (χ0) is 6.85. The minimum atomic E-state index is 0.644. The third kappa shape index (κ3) is 1.76. The van der Waals surface area contributed by atoms with Crippen molar-refractivity contribution in [3.05, 3.63) is 28.2 Å². The van der Waals surface area contributed by atoms with Gasteiger partial charge < -0.3 is 0 Å². The van der Waals surface area contributed by atoms with Crippen molar-refractivity contribution in [2.24, 2.45) is 0 Å². The first-order chi connectivity index (χ1) is 4.22. The van der Waals surface area contributed by atoms with E-state index in [4.69, 9.17) is 23.2 Å². The molecule has 3 radical (unpaired) electrons. The van der Waals surface area contributed by atoms with E-state index < -0.39 is 0 Å². The maximum absolute atomic E-state index is 5.77. The normalized spacial score (nSPS) is 9.67. The summed E-state index contributed by atoms with van der Waals surface area (Å²) in [5.74, 6) is 0. The van der Waals surface area contributed by atoms with Gasteiger partial charge in [0.25, 0.3) is 0 Å². The van der Waals surface area contributed by atoms with Crippen molar-refractivity contribution in [1.29, 1.82) is 0 Å². The van der Waals surface area contributed by atoms with Crippen molar-refractivity contribution >= 4 is 49.3 Å². The predicted octanol–water partition coefficient (Wildman–Crippen LogP) is 1.79. The van der Waals surface area contributed by atoms with E-state index in [9.17, 15) is 0 Å². The van der Waals surface area contributed by atoms with Crippen molar-refractivity contribution in [2.45, 2.75) is 0 Å². The predicted molar refractivity (Wildman–Crippen MR) is 41.9 cm³/mol. The first kappa shape index (κ1) is 7.70. The molecule has 0 bridgehead atoms. The van der Waals surface area contributed by atoms with Gasteiger partial charge in [-0.15, -0.1) is 0 Å². The average Bonchev–Trinajstić information content (AvgIpc) is 1.83. The summed E-state index contributed by atoms with van der Waals surface area (Å²) in [5, 5.41) is 1.34. The molecule has 0 saturated carbocycles. The van der Waals surface area contributed by atoms with Gasteiger partial charge in [0.05, 0.1) is 0 Å². The Bertz CT molecular complexity index is 202. The zero-order valence-electron chi connectivity index (χ0n) is 4.49. The number of benzene rings is 1. The van der Waals surface area contributed by atoms with E-state index in [0.29, 0.717) is 10.0 Å². The van der Waals surface area contributed by atoms with Crippen LogP contribution < -0.4 is 3.58 Å². The van der Waals surface area contributed by atoms with Crippen molar-refractivity contribution in [3.8, 4) is 0 Å².